The van der Waals surface area contributed by atoms with Crippen LogP contribution in [0.2, 0.25) is 0 Å². The highest BCUT2D eigenvalue weighted by molar-refractivity contribution is 5.28. The molecule has 182 valence electrons. The number of aromatic nitrogens is 2. The van der Waals surface area contributed by atoms with Crippen molar-refractivity contribution in [1.82, 2.24) is 9.55 Å². The lowest BCUT2D eigenvalue weighted by molar-refractivity contribution is -0.187. The summed E-state index contributed by atoms with van der Waals surface area (Å²) in [6, 6.07) is 16.8. The Hall–Kier alpha value is -2.67. The summed E-state index contributed by atoms with van der Waals surface area (Å²) in [5, 5.41) is 0. The van der Waals surface area contributed by atoms with Crippen LogP contribution in [0, 0.1) is 0 Å². The van der Waals surface area contributed by atoms with Gasteiger partial charge in [0.05, 0.1) is 39.8 Å². The second-order valence-corrected chi connectivity index (χ2v) is 10.0. The topological polar surface area (TPSA) is 54.7 Å². The molecule has 6 heteroatoms. The summed E-state index contributed by atoms with van der Waals surface area (Å²) in [6.07, 6.45) is 6.99. The zero-order chi connectivity index (χ0) is 24.0. The summed E-state index contributed by atoms with van der Waals surface area (Å²) in [4.78, 5) is 4.17. The van der Waals surface area contributed by atoms with Gasteiger partial charge in [-0.1, -0.05) is 57.2 Å². The second-order valence-electron chi connectivity index (χ2n) is 10.0. The third-order valence-electron chi connectivity index (χ3n) is 6.24. The van der Waals surface area contributed by atoms with Crippen LogP contribution in [0.15, 0.2) is 67.3 Å². The lowest BCUT2D eigenvalue weighted by Gasteiger charge is -2.28. The summed E-state index contributed by atoms with van der Waals surface area (Å²) in [5.74, 6) is 0.152. The predicted molar refractivity (Wildman–Crippen MR) is 132 cm³/mol. The Bertz CT molecular complexity index is 1010. The van der Waals surface area contributed by atoms with Gasteiger partial charge in [-0.3, -0.25) is 0 Å². The predicted octanol–water partition coefficient (Wildman–Crippen LogP) is 5.15. The van der Waals surface area contributed by atoms with E-state index in [-0.39, 0.29) is 11.5 Å². The summed E-state index contributed by atoms with van der Waals surface area (Å²) in [7, 11) is 1.68. The Kier molecular flexibility index (Phi) is 7.71. The van der Waals surface area contributed by atoms with Gasteiger partial charge in [0, 0.05) is 18.8 Å². The van der Waals surface area contributed by atoms with Crippen LogP contribution in [-0.2, 0) is 39.2 Å². The molecule has 1 aliphatic heterocycles. The van der Waals surface area contributed by atoms with Crippen molar-refractivity contribution in [2.45, 2.75) is 64.1 Å². The van der Waals surface area contributed by atoms with E-state index < -0.39 is 5.79 Å². The van der Waals surface area contributed by atoms with Gasteiger partial charge in [0.25, 0.3) is 0 Å². The van der Waals surface area contributed by atoms with E-state index in [4.69, 9.17) is 18.9 Å². The zero-order valence-electron chi connectivity index (χ0n) is 20.7. The molecule has 0 N–H and O–H groups in total. The number of nitrogens with zero attached hydrogens (tertiary/aromatic N) is 2. The van der Waals surface area contributed by atoms with E-state index in [1.807, 2.05) is 22.9 Å². The normalized spacial score (nSPS) is 20.5. The smallest absolute Gasteiger partial charge is 0.187 e. The first-order valence-electron chi connectivity index (χ1n) is 11.9. The first-order valence-corrected chi connectivity index (χ1v) is 11.9. The fourth-order valence-corrected chi connectivity index (χ4v) is 4.19. The Morgan fingerprint density at radius 1 is 1.06 bits per heavy atom. The molecule has 0 bridgehead atoms. The molecule has 1 aromatic heterocycles. The highest BCUT2D eigenvalue weighted by Crippen LogP contribution is 2.31. The molecule has 3 aromatic rings. The number of rotatable bonds is 10. The average Bonchev–Trinajstić information content (AvgIpc) is 3.48. The Balaban J connectivity index is 1.33. The molecule has 4 rings (SSSR count). The SMILES string of the molecule is COc1ccc(CCC2(Cn3ccnc3)OCC(COCc3ccc(C(C)(C)C)cc3)O2)cc1. The van der Waals surface area contributed by atoms with Gasteiger partial charge >= 0.3 is 0 Å². The van der Waals surface area contributed by atoms with Gasteiger partial charge in [0.15, 0.2) is 5.79 Å². The van der Waals surface area contributed by atoms with Crippen LogP contribution in [0.3, 0.4) is 0 Å². The van der Waals surface area contributed by atoms with Gasteiger partial charge in [-0.2, -0.15) is 0 Å². The Morgan fingerprint density at radius 3 is 2.44 bits per heavy atom. The standard InChI is InChI=1S/C28H36N2O4/c1-27(2,3)24-9-5-23(6-10-24)17-32-18-26-19-33-28(34-26,20-30-16-15-29-21-30)14-13-22-7-11-25(31-4)12-8-22/h5-12,15-16,21,26H,13-14,17-20H2,1-4H3. The van der Waals surface area contributed by atoms with Crippen LogP contribution >= 0.6 is 0 Å². The maximum atomic E-state index is 6.47. The molecule has 0 saturated carbocycles. The molecule has 1 fully saturated rings. The summed E-state index contributed by atoms with van der Waals surface area (Å²) < 4.78 is 26.0. The van der Waals surface area contributed by atoms with Gasteiger partial charge in [0.2, 0.25) is 0 Å². The molecule has 6 nitrogen and oxygen atoms in total. The molecule has 0 radical (unpaired) electrons. The molecular weight excluding hydrogens is 428 g/mol. The number of benzene rings is 2. The highest BCUT2D eigenvalue weighted by Gasteiger charge is 2.41. The lowest BCUT2D eigenvalue weighted by atomic mass is 9.87. The summed E-state index contributed by atoms with van der Waals surface area (Å²) in [5.41, 5.74) is 3.86. The minimum absolute atomic E-state index is 0.103. The van der Waals surface area contributed by atoms with Crippen LogP contribution in [0.25, 0.3) is 0 Å². The molecule has 0 aliphatic carbocycles. The number of imidazole rings is 1. The van der Waals surface area contributed by atoms with E-state index in [0.717, 1.165) is 24.2 Å². The fourth-order valence-electron chi connectivity index (χ4n) is 4.19. The van der Waals surface area contributed by atoms with Crippen LogP contribution in [0.4, 0.5) is 0 Å². The van der Waals surface area contributed by atoms with Crippen molar-refractivity contribution in [3.8, 4) is 5.75 Å². The van der Waals surface area contributed by atoms with Crippen LogP contribution in [-0.4, -0.2) is 41.8 Å². The van der Waals surface area contributed by atoms with Crippen molar-refractivity contribution in [1.29, 1.82) is 0 Å². The lowest BCUT2D eigenvalue weighted by Crippen LogP contribution is -2.37. The fraction of sp³-hybridized carbons (Fsp3) is 0.464. The molecular formula is C28H36N2O4. The third kappa shape index (κ3) is 6.47. The zero-order valence-corrected chi connectivity index (χ0v) is 20.7. The van der Waals surface area contributed by atoms with Crippen molar-refractivity contribution in [2.75, 3.05) is 20.3 Å². The molecule has 0 spiro atoms. The van der Waals surface area contributed by atoms with Crippen LogP contribution < -0.4 is 4.74 Å². The highest BCUT2D eigenvalue weighted by atomic mass is 16.8. The number of methoxy groups -OCH3 is 1. The Morgan fingerprint density at radius 2 is 1.79 bits per heavy atom. The maximum absolute atomic E-state index is 6.47. The first kappa shape index (κ1) is 24.5. The monoisotopic (exact) mass is 464 g/mol. The van der Waals surface area contributed by atoms with Crippen molar-refractivity contribution in [2.24, 2.45) is 0 Å². The first-order chi connectivity index (χ1) is 16.4. The van der Waals surface area contributed by atoms with Gasteiger partial charge < -0.3 is 23.5 Å². The molecule has 0 amide bonds. The largest absolute Gasteiger partial charge is 0.497 e. The quantitative estimate of drug-likeness (QED) is 0.415. The summed E-state index contributed by atoms with van der Waals surface area (Å²) in [6.45, 7) is 8.83. The molecule has 2 unspecified atom stereocenters. The van der Waals surface area contributed by atoms with E-state index in [0.29, 0.717) is 26.4 Å². The van der Waals surface area contributed by atoms with Crippen molar-refractivity contribution >= 4 is 0 Å². The van der Waals surface area contributed by atoms with E-state index in [1.165, 1.54) is 11.1 Å². The van der Waals surface area contributed by atoms with Gasteiger partial charge in [-0.15, -0.1) is 0 Å². The van der Waals surface area contributed by atoms with Crippen molar-refractivity contribution < 1.29 is 18.9 Å². The van der Waals surface area contributed by atoms with Gasteiger partial charge in [-0.05, 0) is 40.7 Å². The molecule has 34 heavy (non-hydrogen) atoms. The number of hydrogen-bond acceptors (Lipinski definition) is 5. The van der Waals surface area contributed by atoms with Crippen LogP contribution in [0.5, 0.6) is 5.75 Å². The molecule has 2 aromatic carbocycles. The van der Waals surface area contributed by atoms with E-state index in [2.05, 4.69) is 62.2 Å². The van der Waals surface area contributed by atoms with Gasteiger partial charge in [0.1, 0.15) is 11.9 Å². The maximum Gasteiger partial charge on any atom is 0.187 e. The molecule has 1 aliphatic rings. The molecule has 2 heterocycles. The van der Waals surface area contributed by atoms with E-state index >= 15 is 0 Å². The number of aryl methyl sites for hydroxylation is 1. The van der Waals surface area contributed by atoms with Gasteiger partial charge in [-0.25, -0.2) is 4.98 Å². The van der Waals surface area contributed by atoms with E-state index in [1.54, 1.807) is 19.6 Å². The molecule has 1 saturated heterocycles. The van der Waals surface area contributed by atoms with Crippen LogP contribution in [0.1, 0.15) is 43.9 Å². The van der Waals surface area contributed by atoms with Crippen molar-refractivity contribution in [3.05, 3.63) is 83.9 Å². The number of ether oxygens (including phenoxy) is 4. The second kappa shape index (κ2) is 10.7. The molecule has 2 atom stereocenters. The van der Waals surface area contributed by atoms with E-state index in [9.17, 15) is 0 Å². The van der Waals surface area contributed by atoms with Crippen molar-refractivity contribution in [3.63, 3.8) is 0 Å². The Labute approximate surface area is 202 Å². The minimum Gasteiger partial charge on any atom is -0.497 e. The third-order valence-corrected chi connectivity index (χ3v) is 6.24. The number of hydrogen-bond donors (Lipinski definition) is 0. The average molecular weight is 465 g/mol. The summed E-state index contributed by atoms with van der Waals surface area (Å²) >= 11 is 0. The minimum atomic E-state index is -0.705.